The first-order chi connectivity index (χ1) is 12.5. The summed E-state index contributed by atoms with van der Waals surface area (Å²) in [7, 11) is 0. The maximum atomic E-state index is 13.4. The van der Waals surface area contributed by atoms with Gasteiger partial charge >= 0.3 is 0 Å². The molecule has 0 aromatic heterocycles. The van der Waals surface area contributed by atoms with Crippen LogP contribution in [0.15, 0.2) is 40.9 Å². The van der Waals surface area contributed by atoms with E-state index >= 15 is 0 Å². The predicted molar refractivity (Wildman–Crippen MR) is 98.3 cm³/mol. The number of alkyl halides is 2. The molecule has 1 aliphatic carbocycles. The van der Waals surface area contributed by atoms with Gasteiger partial charge in [-0.15, -0.1) is 0 Å². The van der Waals surface area contributed by atoms with E-state index in [-0.39, 0.29) is 5.91 Å². The number of carbonyl (C=O) groups excluding carboxylic acids is 2. The first-order valence-electron chi connectivity index (χ1n) is 8.45. The minimum atomic E-state index is -2.38. The number of halogens is 3. The van der Waals surface area contributed by atoms with Crippen molar-refractivity contribution in [1.29, 1.82) is 0 Å². The molecule has 0 unspecified atom stereocenters. The molecule has 6 heteroatoms. The molecule has 0 bridgehead atoms. The van der Waals surface area contributed by atoms with Crippen LogP contribution in [0.2, 0.25) is 0 Å². The van der Waals surface area contributed by atoms with E-state index in [0.29, 0.717) is 52.7 Å². The molecule has 1 amide bonds. The molecular formula is C20H16BrF2NO2. The highest BCUT2D eigenvalue weighted by Gasteiger charge is 2.52. The van der Waals surface area contributed by atoms with Gasteiger partial charge in [-0.1, -0.05) is 18.2 Å². The van der Waals surface area contributed by atoms with Crippen LogP contribution in [0.3, 0.4) is 0 Å². The fourth-order valence-corrected chi connectivity index (χ4v) is 4.12. The Bertz CT molecular complexity index is 909. The zero-order valence-electron chi connectivity index (χ0n) is 13.8. The molecule has 1 fully saturated rings. The van der Waals surface area contributed by atoms with Gasteiger partial charge in [-0.2, -0.15) is 0 Å². The van der Waals surface area contributed by atoms with E-state index < -0.39 is 11.8 Å². The number of aldehydes is 1. The molecule has 0 N–H and O–H groups in total. The van der Waals surface area contributed by atoms with E-state index in [1.54, 1.807) is 41.3 Å². The number of anilines is 1. The Hall–Kier alpha value is -2.08. The molecule has 0 atom stereocenters. The zero-order valence-corrected chi connectivity index (χ0v) is 15.4. The average molecular weight is 420 g/mol. The molecular weight excluding hydrogens is 404 g/mol. The summed E-state index contributed by atoms with van der Waals surface area (Å²) < 4.78 is 27.4. The van der Waals surface area contributed by atoms with Gasteiger partial charge in [0.15, 0.2) is 6.29 Å². The third-order valence-corrected chi connectivity index (χ3v) is 6.10. The van der Waals surface area contributed by atoms with Crippen LogP contribution in [-0.4, -0.2) is 25.2 Å². The lowest BCUT2D eigenvalue weighted by Gasteiger charge is -2.30. The fourth-order valence-electron chi connectivity index (χ4n) is 3.67. The second-order valence-electron chi connectivity index (χ2n) is 6.83. The molecule has 4 rings (SSSR count). The second-order valence-corrected chi connectivity index (χ2v) is 7.68. The highest BCUT2D eigenvalue weighted by atomic mass is 79.9. The smallest absolute Gasteiger partial charge is 0.258 e. The van der Waals surface area contributed by atoms with Gasteiger partial charge in [-0.25, -0.2) is 8.78 Å². The van der Waals surface area contributed by atoms with Crippen molar-refractivity contribution in [2.24, 2.45) is 0 Å². The topological polar surface area (TPSA) is 37.4 Å². The first-order valence-corrected chi connectivity index (χ1v) is 9.24. The predicted octanol–water partition coefficient (Wildman–Crippen LogP) is 4.76. The number of benzene rings is 2. The molecule has 1 aliphatic heterocycles. The molecule has 0 radical (unpaired) electrons. The quantitative estimate of drug-likeness (QED) is 0.669. The van der Waals surface area contributed by atoms with Crippen LogP contribution < -0.4 is 4.90 Å². The van der Waals surface area contributed by atoms with Crippen molar-refractivity contribution in [3.05, 3.63) is 63.1 Å². The van der Waals surface area contributed by atoms with E-state index in [4.69, 9.17) is 0 Å². The molecule has 26 heavy (non-hydrogen) atoms. The number of hydrogen-bond acceptors (Lipinski definition) is 2. The molecule has 0 spiro atoms. The van der Waals surface area contributed by atoms with Gasteiger partial charge in [0.05, 0.1) is 16.7 Å². The highest BCUT2D eigenvalue weighted by molar-refractivity contribution is 9.10. The Kier molecular flexibility index (Phi) is 4.18. The minimum Gasteiger partial charge on any atom is -0.307 e. The Morgan fingerprint density at radius 2 is 1.96 bits per heavy atom. The molecule has 134 valence electrons. The van der Waals surface area contributed by atoms with Crippen molar-refractivity contribution in [2.45, 2.75) is 31.1 Å². The summed E-state index contributed by atoms with van der Waals surface area (Å²) in [6.07, 6.45) is -0.105. The lowest BCUT2D eigenvalue weighted by molar-refractivity contribution is 0.0980. The highest BCUT2D eigenvalue weighted by Crippen LogP contribution is 2.53. The minimum absolute atomic E-state index is 0.208. The van der Waals surface area contributed by atoms with Gasteiger partial charge in [0, 0.05) is 16.6 Å². The van der Waals surface area contributed by atoms with E-state index in [0.717, 1.165) is 11.8 Å². The van der Waals surface area contributed by atoms with Crippen molar-refractivity contribution in [3.63, 3.8) is 0 Å². The van der Waals surface area contributed by atoms with Crippen LogP contribution in [0.5, 0.6) is 0 Å². The van der Waals surface area contributed by atoms with Gasteiger partial charge in [0.25, 0.3) is 5.91 Å². The summed E-state index contributed by atoms with van der Waals surface area (Å²) in [5, 5.41) is 0. The lowest BCUT2D eigenvalue weighted by atomic mass is 9.89. The maximum Gasteiger partial charge on any atom is 0.258 e. The van der Waals surface area contributed by atoms with E-state index in [2.05, 4.69) is 15.9 Å². The fraction of sp³-hybridized carbons (Fsp3) is 0.300. The zero-order chi connectivity index (χ0) is 18.5. The number of amides is 1. The lowest BCUT2D eigenvalue weighted by Crippen LogP contribution is -2.38. The van der Waals surface area contributed by atoms with Crippen LogP contribution in [0, 0.1) is 0 Å². The molecule has 3 nitrogen and oxygen atoms in total. The number of nitrogens with zero attached hydrogens (tertiary/aromatic N) is 1. The SMILES string of the molecule is O=Cc1c(Br)cccc1N1CCc2cc(C3(C(F)F)CC3)ccc2C1=O. The van der Waals surface area contributed by atoms with Gasteiger partial charge in [0.2, 0.25) is 6.43 Å². The Morgan fingerprint density at radius 3 is 2.62 bits per heavy atom. The second kappa shape index (κ2) is 6.27. The van der Waals surface area contributed by atoms with Gasteiger partial charge in [-0.3, -0.25) is 9.59 Å². The van der Waals surface area contributed by atoms with Crippen molar-refractivity contribution >= 4 is 33.8 Å². The van der Waals surface area contributed by atoms with Crippen LogP contribution >= 0.6 is 15.9 Å². The van der Waals surface area contributed by atoms with Crippen LogP contribution in [-0.2, 0) is 11.8 Å². The number of fused-ring (bicyclic) bond motifs is 1. The monoisotopic (exact) mass is 419 g/mol. The van der Waals surface area contributed by atoms with Gasteiger partial charge < -0.3 is 4.90 Å². The number of hydrogen-bond donors (Lipinski definition) is 0. The summed E-state index contributed by atoms with van der Waals surface area (Å²) >= 11 is 3.34. The summed E-state index contributed by atoms with van der Waals surface area (Å²) in [5.74, 6) is -0.208. The maximum absolute atomic E-state index is 13.4. The molecule has 1 saturated carbocycles. The largest absolute Gasteiger partial charge is 0.307 e. The van der Waals surface area contributed by atoms with E-state index in [1.807, 2.05) is 0 Å². The first kappa shape index (κ1) is 17.3. The number of carbonyl (C=O) groups is 2. The van der Waals surface area contributed by atoms with Crippen LogP contribution in [0.4, 0.5) is 14.5 Å². The third kappa shape index (κ3) is 2.58. The van der Waals surface area contributed by atoms with Gasteiger partial charge in [0.1, 0.15) is 0 Å². The standard InChI is InChI=1S/C20H16BrF2NO2/c21-16-2-1-3-17(15(16)11-25)24-9-6-12-10-13(4-5-14(12)18(24)26)20(7-8-20)19(22)23/h1-5,10-11,19H,6-9H2. The average Bonchev–Trinajstić information content (AvgIpc) is 3.44. The van der Waals surface area contributed by atoms with Crippen molar-refractivity contribution in [2.75, 3.05) is 11.4 Å². The number of rotatable bonds is 4. The molecule has 0 saturated heterocycles. The normalized spacial score (nSPS) is 18.0. The van der Waals surface area contributed by atoms with E-state index in [9.17, 15) is 18.4 Å². The van der Waals surface area contributed by atoms with Crippen molar-refractivity contribution in [3.8, 4) is 0 Å². The summed E-state index contributed by atoms with van der Waals surface area (Å²) in [5.41, 5.74) is 1.91. The molecule has 2 aromatic carbocycles. The van der Waals surface area contributed by atoms with Crippen molar-refractivity contribution in [1.82, 2.24) is 0 Å². The van der Waals surface area contributed by atoms with Crippen LogP contribution in [0.1, 0.15) is 44.7 Å². The summed E-state index contributed by atoms with van der Waals surface area (Å²) in [6.45, 7) is 0.411. The summed E-state index contributed by atoms with van der Waals surface area (Å²) in [6, 6.07) is 10.3. The Morgan fingerprint density at radius 1 is 1.19 bits per heavy atom. The van der Waals surface area contributed by atoms with Crippen LogP contribution in [0.25, 0.3) is 0 Å². The Labute approximate surface area is 158 Å². The molecule has 2 aromatic rings. The van der Waals surface area contributed by atoms with Crippen molar-refractivity contribution < 1.29 is 18.4 Å². The molecule has 2 aliphatic rings. The Balaban J connectivity index is 1.70. The third-order valence-electron chi connectivity index (χ3n) is 5.41. The summed E-state index contributed by atoms with van der Waals surface area (Å²) in [4.78, 5) is 26.0. The van der Waals surface area contributed by atoms with Gasteiger partial charge in [-0.05, 0) is 64.5 Å². The van der Waals surface area contributed by atoms with E-state index in [1.165, 1.54) is 0 Å². The molecule has 1 heterocycles.